The molecule has 0 aliphatic carbocycles. The van der Waals surface area contributed by atoms with E-state index in [-0.39, 0.29) is 6.17 Å². The minimum absolute atomic E-state index is 0.296. The highest BCUT2D eigenvalue weighted by Gasteiger charge is 1.99. The zero-order chi connectivity index (χ0) is 6.57. The maximum atomic E-state index is 8.61. The summed E-state index contributed by atoms with van der Waals surface area (Å²) in [6.45, 7) is 1.93. The molecule has 0 rings (SSSR count). The van der Waals surface area contributed by atoms with Crippen molar-refractivity contribution in [3.63, 3.8) is 0 Å². The normalized spacial score (nSPS) is 18.0. The van der Waals surface area contributed by atoms with Gasteiger partial charge in [-0.2, -0.15) is 0 Å². The van der Waals surface area contributed by atoms with Crippen molar-refractivity contribution in [3.05, 3.63) is 0 Å². The van der Waals surface area contributed by atoms with Crippen molar-refractivity contribution in [3.8, 4) is 0 Å². The molecule has 0 spiro atoms. The first-order valence-electron chi connectivity index (χ1n) is 2.56. The maximum absolute atomic E-state index is 8.61. The molecule has 0 saturated heterocycles. The molecule has 0 fully saturated rings. The van der Waals surface area contributed by atoms with Gasteiger partial charge in [-0.1, -0.05) is 0 Å². The highest BCUT2D eigenvalue weighted by molar-refractivity contribution is 4.57. The van der Waals surface area contributed by atoms with Crippen molar-refractivity contribution in [2.24, 2.45) is 11.5 Å². The smallest absolute Gasteiger partial charge is 0.103 e. The van der Waals surface area contributed by atoms with E-state index in [2.05, 4.69) is 5.32 Å². The van der Waals surface area contributed by atoms with Gasteiger partial charge in [-0.15, -0.1) is 0 Å². The van der Waals surface area contributed by atoms with E-state index in [0.29, 0.717) is 6.54 Å². The first-order valence-corrected chi connectivity index (χ1v) is 2.56. The van der Waals surface area contributed by atoms with Gasteiger partial charge in [0, 0.05) is 6.54 Å². The monoisotopic (exact) mass is 119 g/mol. The Balaban J connectivity index is 3.10. The van der Waals surface area contributed by atoms with E-state index >= 15 is 0 Å². The van der Waals surface area contributed by atoms with Crippen LogP contribution in [0.15, 0.2) is 0 Å². The van der Waals surface area contributed by atoms with Gasteiger partial charge >= 0.3 is 0 Å². The Hall–Kier alpha value is -0.160. The minimum Gasteiger partial charge on any atom is -0.379 e. The van der Waals surface area contributed by atoms with E-state index < -0.39 is 6.23 Å². The van der Waals surface area contributed by atoms with Crippen molar-refractivity contribution in [1.29, 1.82) is 0 Å². The lowest BCUT2D eigenvalue weighted by atomic mass is 10.5. The zero-order valence-electron chi connectivity index (χ0n) is 4.96. The van der Waals surface area contributed by atoms with Crippen LogP contribution < -0.4 is 16.8 Å². The molecular weight excluding hydrogens is 106 g/mol. The van der Waals surface area contributed by atoms with E-state index in [1.807, 2.05) is 0 Å². The van der Waals surface area contributed by atoms with Crippen LogP contribution in [-0.4, -0.2) is 24.0 Å². The van der Waals surface area contributed by atoms with Crippen molar-refractivity contribution in [1.82, 2.24) is 5.32 Å². The second kappa shape index (κ2) is 3.80. The molecule has 8 heavy (non-hydrogen) atoms. The molecule has 6 N–H and O–H groups in total. The molecule has 0 amide bonds. The van der Waals surface area contributed by atoms with Crippen LogP contribution in [0.25, 0.3) is 0 Å². The Morgan fingerprint density at radius 2 is 2.25 bits per heavy atom. The molecule has 4 nitrogen and oxygen atoms in total. The minimum atomic E-state index is -0.575. The summed E-state index contributed by atoms with van der Waals surface area (Å²) in [6, 6.07) is 0. The Bertz CT molecular complexity index is 57.2. The number of aliphatic hydroxyl groups excluding tert-OH is 1. The predicted molar refractivity (Wildman–Crippen MR) is 31.8 cm³/mol. The first kappa shape index (κ1) is 7.84. The molecule has 0 bridgehead atoms. The molecule has 0 radical (unpaired) electrons. The van der Waals surface area contributed by atoms with Crippen LogP contribution in [0.4, 0.5) is 0 Å². The Labute approximate surface area is 48.9 Å². The van der Waals surface area contributed by atoms with Crippen LogP contribution in [0.2, 0.25) is 0 Å². The van der Waals surface area contributed by atoms with Gasteiger partial charge in [0.25, 0.3) is 0 Å². The average Bonchev–Trinajstić information content (AvgIpc) is 1.65. The van der Waals surface area contributed by atoms with Gasteiger partial charge < -0.3 is 16.6 Å². The molecule has 2 atom stereocenters. The molecule has 0 aliphatic rings. The average molecular weight is 119 g/mol. The molecule has 0 aromatic rings. The van der Waals surface area contributed by atoms with Crippen LogP contribution in [0.1, 0.15) is 6.92 Å². The summed E-state index contributed by atoms with van der Waals surface area (Å²) in [5, 5.41) is 11.2. The summed E-state index contributed by atoms with van der Waals surface area (Å²) in [4.78, 5) is 0. The van der Waals surface area contributed by atoms with Crippen molar-refractivity contribution in [2.45, 2.75) is 19.3 Å². The maximum Gasteiger partial charge on any atom is 0.103 e. The van der Waals surface area contributed by atoms with Crippen LogP contribution in [-0.2, 0) is 0 Å². The van der Waals surface area contributed by atoms with Crippen molar-refractivity contribution >= 4 is 0 Å². The second-order valence-electron chi connectivity index (χ2n) is 1.68. The SMILES string of the molecule is CC(O)NC(N)CN. The van der Waals surface area contributed by atoms with Gasteiger partial charge in [-0.3, -0.25) is 5.32 Å². The molecule has 0 aromatic carbocycles. The number of hydrogen-bond donors (Lipinski definition) is 4. The van der Waals surface area contributed by atoms with Crippen LogP contribution in [0.3, 0.4) is 0 Å². The van der Waals surface area contributed by atoms with E-state index in [1.54, 1.807) is 6.92 Å². The molecule has 0 aromatic heterocycles. The quantitative estimate of drug-likeness (QED) is 0.329. The lowest BCUT2D eigenvalue weighted by Crippen LogP contribution is -2.47. The number of hydrogen-bond acceptors (Lipinski definition) is 4. The highest BCUT2D eigenvalue weighted by atomic mass is 16.3. The van der Waals surface area contributed by atoms with Crippen molar-refractivity contribution < 1.29 is 5.11 Å². The third-order valence-electron chi connectivity index (χ3n) is 0.709. The largest absolute Gasteiger partial charge is 0.379 e. The summed E-state index contributed by atoms with van der Waals surface area (Å²) in [5.41, 5.74) is 10.4. The van der Waals surface area contributed by atoms with E-state index in [9.17, 15) is 0 Å². The summed E-state index contributed by atoms with van der Waals surface area (Å²) in [5.74, 6) is 0. The fraction of sp³-hybridized carbons (Fsp3) is 1.00. The summed E-state index contributed by atoms with van der Waals surface area (Å²) in [7, 11) is 0. The molecule has 50 valence electrons. The summed E-state index contributed by atoms with van der Waals surface area (Å²) >= 11 is 0. The Kier molecular flexibility index (Phi) is 3.72. The van der Waals surface area contributed by atoms with Crippen LogP contribution in [0, 0.1) is 0 Å². The highest BCUT2D eigenvalue weighted by Crippen LogP contribution is 1.71. The second-order valence-corrected chi connectivity index (χ2v) is 1.68. The fourth-order valence-electron chi connectivity index (χ4n) is 0.378. The third-order valence-corrected chi connectivity index (χ3v) is 0.709. The van der Waals surface area contributed by atoms with Gasteiger partial charge in [-0.25, -0.2) is 0 Å². The predicted octanol–water partition coefficient (Wildman–Crippen LogP) is -1.84. The Morgan fingerprint density at radius 3 is 2.38 bits per heavy atom. The van der Waals surface area contributed by atoms with Crippen molar-refractivity contribution in [2.75, 3.05) is 6.54 Å². The van der Waals surface area contributed by atoms with E-state index in [0.717, 1.165) is 0 Å². The molecule has 0 aliphatic heterocycles. The molecule has 0 saturated carbocycles. The standard InChI is InChI=1S/C4H13N3O/c1-3(8)7-4(6)2-5/h3-4,7-8H,2,5-6H2,1H3. The third kappa shape index (κ3) is 4.01. The van der Waals surface area contributed by atoms with Gasteiger partial charge in [-0.05, 0) is 6.92 Å². The molecule has 4 heteroatoms. The molecule has 0 heterocycles. The molecule has 2 unspecified atom stereocenters. The summed E-state index contributed by atoms with van der Waals surface area (Å²) in [6.07, 6.45) is -0.872. The first-order chi connectivity index (χ1) is 3.66. The number of nitrogens with one attached hydrogen (secondary N) is 1. The lowest BCUT2D eigenvalue weighted by molar-refractivity contribution is 0.142. The van der Waals surface area contributed by atoms with Gasteiger partial charge in [0.05, 0.1) is 6.17 Å². The van der Waals surface area contributed by atoms with E-state index in [1.165, 1.54) is 0 Å². The zero-order valence-corrected chi connectivity index (χ0v) is 4.96. The Morgan fingerprint density at radius 1 is 1.75 bits per heavy atom. The number of nitrogens with two attached hydrogens (primary N) is 2. The lowest BCUT2D eigenvalue weighted by Gasteiger charge is -2.12. The topological polar surface area (TPSA) is 84.3 Å². The summed E-state index contributed by atoms with van der Waals surface area (Å²) < 4.78 is 0. The fourth-order valence-corrected chi connectivity index (χ4v) is 0.378. The van der Waals surface area contributed by atoms with Gasteiger partial charge in [0.15, 0.2) is 0 Å². The van der Waals surface area contributed by atoms with Crippen LogP contribution >= 0.6 is 0 Å². The van der Waals surface area contributed by atoms with Gasteiger partial charge in [0.2, 0.25) is 0 Å². The number of rotatable bonds is 3. The van der Waals surface area contributed by atoms with Gasteiger partial charge in [0.1, 0.15) is 6.23 Å². The number of aliphatic hydroxyl groups is 1. The van der Waals surface area contributed by atoms with E-state index in [4.69, 9.17) is 16.6 Å². The van der Waals surface area contributed by atoms with Crippen LogP contribution in [0.5, 0.6) is 0 Å². The molecular formula is C4H13N3O.